The second-order valence-electron chi connectivity index (χ2n) is 7.48. The van der Waals surface area contributed by atoms with Gasteiger partial charge in [-0.2, -0.15) is 0 Å². The topological polar surface area (TPSA) is 92.2 Å². The Balaban J connectivity index is 1.48. The number of hydrogen-bond acceptors (Lipinski definition) is 4. The minimum atomic E-state index is -0.248. The first-order valence-corrected chi connectivity index (χ1v) is 8.09. The van der Waals surface area contributed by atoms with Crippen molar-refractivity contribution in [2.24, 2.45) is 5.92 Å². The van der Waals surface area contributed by atoms with Crippen molar-refractivity contribution in [3.05, 3.63) is 11.9 Å². The van der Waals surface area contributed by atoms with Gasteiger partial charge in [0.05, 0.1) is 12.2 Å². The fourth-order valence-corrected chi connectivity index (χ4v) is 2.40. The van der Waals surface area contributed by atoms with Crippen LogP contribution in [-0.4, -0.2) is 57.0 Å². The highest BCUT2D eigenvalue weighted by atomic mass is 16.2. The molecule has 2 heterocycles. The fraction of sp³-hybridized carbons (Fsp3) is 0.733. The van der Waals surface area contributed by atoms with Crippen molar-refractivity contribution in [3.63, 3.8) is 0 Å². The number of amides is 3. The summed E-state index contributed by atoms with van der Waals surface area (Å²) in [7, 11) is 0. The smallest absolute Gasteiger partial charge is 0.317 e. The van der Waals surface area contributed by atoms with Crippen molar-refractivity contribution in [1.29, 1.82) is 0 Å². The van der Waals surface area contributed by atoms with Crippen LogP contribution in [0.25, 0.3) is 0 Å². The molecule has 1 aromatic heterocycles. The van der Waals surface area contributed by atoms with Gasteiger partial charge >= 0.3 is 6.03 Å². The van der Waals surface area contributed by atoms with Crippen LogP contribution in [0.2, 0.25) is 0 Å². The van der Waals surface area contributed by atoms with E-state index in [-0.39, 0.29) is 23.5 Å². The van der Waals surface area contributed by atoms with Crippen molar-refractivity contribution in [2.75, 3.05) is 19.6 Å². The van der Waals surface area contributed by atoms with Crippen LogP contribution in [0.3, 0.4) is 0 Å². The Morgan fingerprint density at radius 3 is 2.61 bits per heavy atom. The molecule has 2 N–H and O–H groups in total. The average Bonchev–Trinajstić information content (AvgIpc) is 3.09. The number of aromatic nitrogens is 3. The minimum Gasteiger partial charge on any atom is -0.350 e. The molecule has 1 aliphatic carbocycles. The number of rotatable bonds is 4. The number of urea groups is 1. The van der Waals surface area contributed by atoms with Crippen LogP contribution >= 0.6 is 0 Å². The van der Waals surface area contributed by atoms with Gasteiger partial charge in [-0.05, 0) is 39.5 Å². The molecule has 0 bridgehead atoms. The molecular weight excluding hydrogens is 296 g/mol. The van der Waals surface area contributed by atoms with Crippen LogP contribution in [0.4, 0.5) is 4.79 Å². The second kappa shape index (κ2) is 5.82. The SMILES string of the molecule is CC(C)(C)NC(=O)N1CC(n2cc(C(=O)NCC3CC3)nn2)C1. The lowest BCUT2D eigenvalue weighted by Crippen LogP contribution is -2.57. The first-order valence-electron chi connectivity index (χ1n) is 8.09. The molecule has 8 heteroatoms. The van der Waals surface area contributed by atoms with E-state index < -0.39 is 0 Å². The highest BCUT2D eigenvalue weighted by Gasteiger charge is 2.34. The van der Waals surface area contributed by atoms with Gasteiger partial charge in [0.25, 0.3) is 5.91 Å². The van der Waals surface area contributed by atoms with E-state index in [1.54, 1.807) is 15.8 Å². The first kappa shape index (κ1) is 15.8. The highest BCUT2D eigenvalue weighted by Crippen LogP contribution is 2.27. The largest absolute Gasteiger partial charge is 0.350 e. The van der Waals surface area contributed by atoms with Gasteiger partial charge < -0.3 is 15.5 Å². The zero-order valence-corrected chi connectivity index (χ0v) is 13.9. The van der Waals surface area contributed by atoms with E-state index in [4.69, 9.17) is 0 Å². The summed E-state index contributed by atoms with van der Waals surface area (Å²) in [4.78, 5) is 25.7. The van der Waals surface area contributed by atoms with Crippen LogP contribution in [-0.2, 0) is 0 Å². The van der Waals surface area contributed by atoms with Gasteiger partial charge in [0.15, 0.2) is 5.69 Å². The van der Waals surface area contributed by atoms with E-state index in [1.165, 1.54) is 12.8 Å². The summed E-state index contributed by atoms with van der Waals surface area (Å²) in [5.41, 5.74) is 0.0886. The third-order valence-corrected chi connectivity index (χ3v) is 4.00. The standard InChI is InChI=1S/C15H24N6O2/c1-15(2,3)17-14(23)20-7-11(8-20)21-9-12(18-19-21)13(22)16-6-10-4-5-10/h9-11H,4-8H2,1-3H3,(H,16,22)(H,17,23). The Labute approximate surface area is 135 Å². The predicted octanol–water partition coefficient (Wildman–Crippen LogP) is 0.783. The molecule has 0 aromatic carbocycles. The molecule has 1 aromatic rings. The second-order valence-corrected chi connectivity index (χ2v) is 7.48. The average molecular weight is 320 g/mol. The third-order valence-electron chi connectivity index (χ3n) is 4.00. The number of carbonyl (C=O) groups excluding carboxylic acids is 2. The fourth-order valence-electron chi connectivity index (χ4n) is 2.40. The number of carbonyl (C=O) groups is 2. The highest BCUT2D eigenvalue weighted by molar-refractivity contribution is 5.91. The molecule has 23 heavy (non-hydrogen) atoms. The van der Waals surface area contributed by atoms with Gasteiger partial charge in [-0.1, -0.05) is 5.21 Å². The lowest BCUT2D eigenvalue weighted by Gasteiger charge is -2.40. The van der Waals surface area contributed by atoms with E-state index >= 15 is 0 Å². The van der Waals surface area contributed by atoms with Crippen LogP contribution < -0.4 is 10.6 Å². The van der Waals surface area contributed by atoms with E-state index in [1.807, 2.05) is 20.8 Å². The Bertz CT molecular complexity index is 595. The minimum absolute atomic E-state index is 0.0729. The summed E-state index contributed by atoms with van der Waals surface area (Å²) in [6.07, 6.45) is 4.05. The number of nitrogens with one attached hydrogen (secondary N) is 2. The van der Waals surface area contributed by atoms with Crippen molar-refractivity contribution in [3.8, 4) is 0 Å². The van der Waals surface area contributed by atoms with Crippen molar-refractivity contribution < 1.29 is 9.59 Å². The molecule has 1 aliphatic heterocycles. The van der Waals surface area contributed by atoms with E-state index in [0.29, 0.717) is 24.7 Å². The normalized spacial score (nSPS) is 18.5. The Morgan fingerprint density at radius 2 is 2.00 bits per heavy atom. The quantitative estimate of drug-likeness (QED) is 0.857. The van der Waals surface area contributed by atoms with Crippen molar-refractivity contribution >= 4 is 11.9 Å². The summed E-state index contributed by atoms with van der Waals surface area (Å²) >= 11 is 0. The Morgan fingerprint density at radius 1 is 1.30 bits per heavy atom. The number of nitrogens with zero attached hydrogens (tertiary/aromatic N) is 4. The van der Waals surface area contributed by atoms with Gasteiger partial charge in [0.2, 0.25) is 0 Å². The van der Waals surface area contributed by atoms with Crippen LogP contribution in [0.5, 0.6) is 0 Å². The lowest BCUT2D eigenvalue weighted by atomic mass is 10.1. The summed E-state index contributed by atoms with van der Waals surface area (Å²) < 4.78 is 1.67. The van der Waals surface area contributed by atoms with Gasteiger partial charge in [-0.15, -0.1) is 5.10 Å². The molecule has 3 rings (SSSR count). The molecule has 126 valence electrons. The van der Waals surface area contributed by atoms with Crippen molar-refractivity contribution in [1.82, 2.24) is 30.5 Å². The van der Waals surface area contributed by atoms with E-state index in [0.717, 1.165) is 6.54 Å². The summed E-state index contributed by atoms with van der Waals surface area (Å²) in [6, 6.07) is 0.00876. The molecule has 0 radical (unpaired) electrons. The number of hydrogen-bond donors (Lipinski definition) is 2. The van der Waals surface area contributed by atoms with Gasteiger partial charge in [-0.25, -0.2) is 9.48 Å². The number of likely N-dealkylation sites (tertiary alicyclic amines) is 1. The maximum Gasteiger partial charge on any atom is 0.317 e. The van der Waals surface area contributed by atoms with Gasteiger partial charge in [-0.3, -0.25) is 4.79 Å². The van der Waals surface area contributed by atoms with Crippen LogP contribution in [0.1, 0.15) is 50.1 Å². The first-order chi connectivity index (χ1) is 10.8. The predicted molar refractivity (Wildman–Crippen MR) is 84.0 cm³/mol. The summed E-state index contributed by atoms with van der Waals surface area (Å²) in [5.74, 6) is 0.459. The lowest BCUT2D eigenvalue weighted by molar-refractivity contribution is 0.0945. The molecule has 0 spiro atoms. The molecule has 0 unspecified atom stereocenters. The molecule has 3 amide bonds. The maximum absolute atomic E-state index is 12.0. The third kappa shape index (κ3) is 4.00. The molecule has 1 saturated heterocycles. The Kier molecular flexibility index (Phi) is 3.99. The van der Waals surface area contributed by atoms with E-state index in [2.05, 4.69) is 20.9 Å². The molecule has 2 aliphatic rings. The summed E-state index contributed by atoms with van der Waals surface area (Å²) in [5, 5.41) is 13.7. The monoisotopic (exact) mass is 320 g/mol. The molecule has 0 atom stereocenters. The molecule has 1 saturated carbocycles. The molecular formula is C15H24N6O2. The van der Waals surface area contributed by atoms with Crippen LogP contribution in [0, 0.1) is 5.92 Å². The molecule has 2 fully saturated rings. The molecule has 8 nitrogen and oxygen atoms in total. The van der Waals surface area contributed by atoms with Gasteiger partial charge in [0.1, 0.15) is 0 Å². The zero-order valence-electron chi connectivity index (χ0n) is 13.9. The van der Waals surface area contributed by atoms with Gasteiger partial charge in [0, 0.05) is 25.2 Å². The maximum atomic E-state index is 12.0. The van der Waals surface area contributed by atoms with E-state index in [9.17, 15) is 9.59 Å². The van der Waals surface area contributed by atoms with Crippen LogP contribution in [0.15, 0.2) is 6.20 Å². The Hall–Kier alpha value is -2.12. The van der Waals surface area contributed by atoms with Crippen molar-refractivity contribution in [2.45, 2.75) is 45.2 Å². The zero-order chi connectivity index (χ0) is 16.6. The summed E-state index contributed by atoms with van der Waals surface area (Å²) in [6.45, 7) is 7.73.